The third-order valence-corrected chi connectivity index (χ3v) is 3.64. The van der Waals surface area contributed by atoms with E-state index in [9.17, 15) is 26.0 Å². The van der Waals surface area contributed by atoms with Crippen molar-refractivity contribution in [2.24, 2.45) is 0 Å². The minimum atomic E-state index is -4.45. The number of aromatic nitrogens is 2. The van der Waals surface area contributed by atoms with Crippen LogP contribution in [0.2, 0.25) is 0 Å². The number of alkyl halides is 4. The molecular formula is C10H14F4N4O2S. The van der Waals surface area contributed by atoms with Crippen LogP contribution in [0.3, 0.4) is 0 Å². The number of nitrogens with zero attached hydrogens (tertiary/aromatic N) is 2. The Bertz CT molecular complexity index is 551. The lowest BCUT2D eigenvalue weighted by molar-refractivity contribution is -0.122. The lowest BCUT2D eigenvalue weighted by atomic mass is 10.4. The van der Waals surface area contributed by atoms with Crippen molar-refractivity contribution in [3.05, 3.63) is 12.4 Å². The monoisotopic (exact) mass is 330 g/mol. The van der Waals surface area contributed by atoms with E-state index in [-0.39, 0.29) is 5.95 Å². The van der Waals surface area contributed by atoms with Gasteiger partial charge in [-0.2, -0.15) is 8.78 Å². The third kappa shape index (κ3) is 5.08. The fourth-order valence-electron chi connectivity index (χ4n) is 1.13. The predicted molar refractivity (Wildman–Crippen MR) is 67.0 cm³/mol. The first-order valence-corrected chi connectivity index (χ1v) is 7.39. The van der Waals surface area contributed by atoms with Gasteiger partial charge in [0.2, 0.25) is 16.0 Å². The van der Waals surface area contributed by atoms with Gasteiger partial charge in [-0.15, -0.1) is 0 Å². The number of hydrogen-bond donors (Lipinski definition) is 2. The summed E-state index contributed by atoms with van der Waals surface area (Å²) in [4.78, 5) is 6.88. The van der Waals surface area contributed by atoms with Gasteiger partial charge >= 0.3 is 12.3 Å². The average molecular weight is 330 g/mol. The summed E-state index contributed by atoms with van der Waals surface area (Å²) in [6, 6.07) is 0. The van der Waals surface area contributed by atoms with Gasteiger partial charge in [0.15, 0.2) is 0 Å². The molecule has 120 valence electrons. The SMILES string of the molecule is CCCNc1ncc(S(=O)(=O)NCC(F)(F)C(F)F)cn1. The van der Waals surface area contributed by atoms with E-state index in [4.69, 9.17) is 0 Å². The Hall–Kier alpha value is -1.49. The Morgan fingerprint density at radius 3 is 2.33 bits per heavy atom. The maximum atomic E-state index is 12.7. The molecule has 0 aliphatic heterocycles. The average Bonchev–Trinajstić information content (AvgIpc) is 2.43. The molecule has 0 radical (unpaired) electrons. The molecule has 0 spiro atoms. The smallest absolute Gasteiger partial charge is 0.320 e. The van der Waals surface area contributed by atoms with Gasteiger partial charge < -0.3 is 5.32 Å². The summed E-state index contributed by atoms with van der Waals surface area (Å²) in [5, 5.41) is 2.79. The van der Waals surface area contributed by atoms with Crippen molar-refractivity contribution in [1.29, 1.82) is 0 Å². The summed E-state index contributed by atoms with van der Waals surface area (Å²) < 4.78 is 73.9. The van der Waals surface area contributed by atoms with Crippen LogP contribution in [0.1, 0.15) is 13.3 Å². The molecule has 11 heteroatoms. The quantitative estimate of drug-likeness (QED) is 0.705. The molecule has 0 aromatic carbocycles. The summed E-state index contributed by atoms with van der Waals surface area (Å²) >= 11 is 0. The van der Waals surface area contributed by atoms with Crippen LogP contribution in [-0.4, -0.2) is 43.8 Å². The molecule has 0 saturated heterocycles. The van der Waals surface area contributed by atoms with Gasteiger partial charge in [-0.1, -0.05) is 6.92 Å². The molecule has 0 aliphatic carbocycles. The van der Waals surface area contributed by atoms with Crippen LogP contribution in [0.15, 0.2) is 17.3 Å². The van der Waals surface area contributed by atoms with Crippen molar-refractivity contribution >= 4 is 16.0 Å². The van der Waals surface area contributed by atoms with Gasteiger partial charge in [0, 0.05) is 6.54 Å². The fourth-order valence-corrected chi connectivity index (χ4v) is 2.07. The van der Waals surface area contributed by atoms with Crippen molar-refractivity contribution in [2.45, 2.75) is 30.6 Å². The highest BCUT2D eigenvalue weighted by Gasteiger charge is 2.41. The van der Waals surface area contributed by atoms with E-state index in [0.717, 1.165) is 18.8 Å². The molecule has 1 aromatic heterocycles. The number of nitrogens with one attached hydrogen (secondary N) is 2. The first-order chi connectivity index (χ1) is 9.69. The second-order valence-corrected chi connectivity index (χ2v) is 5.82. The molecule has 1 aromatic rings. The van der Waals surface area contributed by atoms with Crippen molar-refractivity contribution < 1.29 is 26.0 Å². The number of halogens is 4. The van der Waals surface area contributed by atoms with E-state index in [1.54, 1.807) is 0 Å². The lowest BCUT2D eigenvalue weighted by Crippen LogP contribution is -2.41. The van der Waals surface area contributed by atoms with E-state index < -0.39 is 33.8 Å². The summed E-state index contributed by atoms with van der Waals surface area (Å²) in [6.45, 7) is 0.771. The summed E-state index contributed by atoms with van der Waals surface area (Å²) in [5.74, 6) is -4.27. The zero-order chi connectivity index (χ0) is 16.1. The highest BCUT2D eigenvalue weighted by molar-refractivity contribution is 7.89. The Balaban J connectivity index is 2.74. The molecule has 0 fully saturated rings. The van der Waals surface area contributed by atoms with E-state index in [1.165, 1.54) is 4.72 Å². The summed E-state index contributed by atoms with van der Waals surface area (Å²) in [7, 11) is -4.38. The molecule has 2 N–H and O–H groups in total. The number of anilines is 1. The summed E-state index contributed by atoms with van der Waals surface area (Å²) in [6.07, 6.45) is -1.37. The first kappa shape index (κ1) is 17.6. The maximum absolute atomic E-state index is 12.7. The number of hydrogen-bond acceptors (Lipinski definition) is 5. The largest absolute Gasteiger partial charge is 0.354 e. The molecule has 1 heterocycles. The predicted octanol–water partition coefficient (Wildman–Crippen LogP) is 1.48. The Morgan fingerprint density at radius 2 is 1.86 bits per heavy atom. The van der Waals surface area contributed by atoms with Crippen LogP contribution >= 0.6 is 0 Å². The molecular weight excluding hydrogens is 316 g/mol. The van der Waals surface area contributed by atoms with E-state index in [0.29, 0.717) is 6.54 Å². The van der Waals surface area contributed by atoms with Crippen molar-refractivity contribution in [3.8, 4) is 0 Å². The second kappa shape index (κ2) is 6.98. The second-order valence-electron chi connectivity index (χ2n) is 4.06. The van der Waals surface area contributed by atoms with Gasteiger partial charge in [0.25, 0.3) is 0 Å². The van der Waals surface area contributed by atoms with Crippen LogP contribution in [0.5, 0.6) is 0 Å². The van der Waals surface area contributed by atoms with Gasteiger partial charge in [-0.05, 0) is 6.42 Å². The molecule has 0 unspecified atom stereocenters. The molecule has 1 rings (SSSR count). The topological polar surface area (TPSA) is 84.0 Å². The van der Waals surface area contributed by atoms with E-state index in [2.05, 4.69) is 15.3 Å². The molecule has 6 nitrogen and oxygen atoms in total. The highest BCUT2D eigenvalue weighted by Crippen LogP contribution is 2.22. The molecule has 0 amide bonds. The van der Waals surface area contributed by atoms with Crippen molar-refractivity contribution in [3.63, 3.8) is 0 Å². The standard InChI is InChI=1S/C10H14F4N4O2S/c1-2-3-15-9-16-4-7(5-17-9)21(19,20)18-6-10(13,14)8(11)12/h4-5,8,18H,2-3,6H2,1H3,(H,15,16,17). The van der Waals surface area contributed by atoms with E-state index >= 15 is 0 Å². The molecule has 21 heavy (non-hydrogen) atoms. The lowest BCUT2D eigenvalue weighted by Gasteiger charge is -2.15. The van der Waals surface area contributed by atoms with Gasteiger partial charge in [0.1, 0.15) is 4.90 Å². The number of sulfonamides is 1. The van der Waals surface area contributed by atoms with Gasteiger partial charge in [-0.25, -0.2) is 31.9 Å². The zero-order valence-electron chi connectivity index (χ0n) is 11.0. The van der Waals surface area contributed by atoms with Gasteiger partial charge in [0.05, 0.1) is 18.9 Å². The molecule has 0 bridgehead atoms. The Kier molecular flexibility index (Phi) is 5.84. The van der Waals surface area contributed by atoms with Crippen LogP contribution in [0.25, 0.3) is 0 Å². The molecule has 0 atom stereocenters. The fraction of sp³-hybridized carbons (Fsp3) is 0.600. The van der Waals surface area contributed by atoms with Crippen LogP contribution in [-0.2, 0) is 10.0 Å². The van der Waals surface area contributed by atoms with Crippen LogP contribution < -0.4 is 10.0 Å². The summed E-state index contributed by atoms with van der Waals surface area (Å²) in [5.41, 5.74) is 0. The third-order valence-electron chi connectivity index (χ3n) is 2.29. The van der Waals surface area contributed by atoms with Crippen LogP contribution in [0.4, 0.5) is 23.5 Å². The van der Waals surface area contributed by atoms with Crippen molar-refractivity contribution in [1.82, 2.24) is 14.7 Å². The highest BCUT2D eigenvalue weighted by atomic mass is 32.2. The van der Waals surface area contributed by atoms with Crippen LogP contribution in [0, 0.1) is 0 Å². The number of rotatable bonds is 8. The van der Waals surface area contributed by atoms with Gasteiger partial charge in [-0.3, -0.25) is 0 Å². The minimum Gasteiger partial charge on any atom is -0.354 e. The molecule has 0 aliphatic rings. The maximum Gasteiger partial charge on any atom is 0.320 e. The first-order valence-electron chi connectivity index (χ1n) is 5.90. The zero-order valence-corrected chi connectivity index (χ0v) is 11.8. The van der Waals surface area contributed by atoms with E-state index in [1.807, 2.05) is 6.92 Å². The Labute approximate surface area is 119 Å². The molecule has 0 saturated carbocycles. The minimum absolute atomic E-state index is 0.175. The Morgan fingerprint density at radius 1 is 1.29 bits per heavy atom. The normalized spacial score (nSPS) is 12.7. The van der Waals surface area contributed by atoms with Crippen molar-refractivity contribution in [2.75, 3.05) is 18.4 Å².